The van der Waals surface area contributed by atoms with Crippen LogP contribution < -0.4 is 9.62 Å². The topological polar surface area (TPSA) is 66.5 Å². The zero-order valence-electron chi connectivity index (χ0n) is 12.5. The van der Waals surface area contributed by atoms with Crippen molar-refractivity contribution in [2.75, 3.05) is 22.4 Å². The van der Waals surface area contributed by atoms with Crippen LogP contribution in [0.1, 0.15) is 0 Å². The number of benzene rings is 2. The van der Waals surface area contributed by atoms with E-state index < -0.39 is 28.3 Å². The number of amides is 1. The molecule has 0 aliphatic rings. The molecule has 2 aromatic carbocycles. The second-order valence-electron chi connectivity index (χ2n) is 4.92. The van der Waals surface area contributed by atoms with Gasteiger partial charge >= 0.3 is 0 Å². The summed E-state index contributed by atoms with van der Waals surface area (Å²) < 4.78 is 38.4. The molecule has 128 valence electrons. The number of anilines is 2. The number of halogens is 3. The van der Waals surface area contributed by atoms with Crippen molar-refractivity contribution in [3.05, 3.63) is 57.8 Å². The van der Waals surface area contributed by atoms with Crippen LogP contribution in [0.5, 0.6) is 0 Å². The van der Waals surface area contributed by atoms with E-state index in [2.05, 4.69) is 21.2 Å². The minimum absolute atomic E-state index is 0.197. The molecule has 0 radical (unpaired) electrons. The molecular weight excluding hydrogens is 423 g/mol. The molecule has 1 N–H and O–H groups in total. The number of hydrogen-bond acceptors (Lipinski definition) is 3. The highest BCUT2D eigenvalue weighted by atomic mass is 79.9. The molecule has 0 aliphatic carbocycles. The van der Waals surface area contributed by atoms with Gasteiger partial charge in [-0.25, -0.2) is 12.8 Å². The predicted octanol–water partition coefficient (Wildman–Crippen LogP) is 3.65. The molecule has 0 spiro atoms. The minimum atomic E-state index is -3.72. The summed E-state index contributed by atoms with van der Waals surface area (Å²) in [5.41, 5.74) is 0.628. The van der Waals surface area contributed by atoms with Gasteiger partial charge in [-0.15, -0.1) is 0 Å². The van der Waals surface area contributed by atoms with Gasteiger partial charge < -0.3 is 5.32 Å². The number of rotatable bonds is 5. The van der Waals surface area contributed by atoms with Crippen molar-refractivity contribution in [3.8, 4) is 0 Å². The summed E-state index contributed by atoms with van der Waals surface area (Å²) in [4.78, 5) is 12.2. The monoisotopic (exact) mass is 434 g/mol. The fourth-order valence-electron chi connectivity index (χ4n) is 1.91. The van der Waals surface area contributed by atoms with Gasteiger partial charge in [0, 0.05) is 10.2 Å². The Morgan fingerprint density at radius 3 is 2.42 bits per heavy atom. The largest absolute Gasteiger partial charge is 0.324 e. The van der Waals surface area contributed by atoms with Gasteiger partial charge in [0.15, 0.2) is 0 Å². The Morgan fingerprint density at radius 1 is 1.25 bits per heavy atom. The van der Waals surface area contributed by atoms with Crippen molar-refractivity contribution in [1.82, 2.24) is 0 Å². The minimum Gasteiger partial charge on any atom is -0.324 e. The van der Waals surface area contributed by atoms with Crippen LogP contribution in [0.2, 0.25) is 5.02 Å². The van der Waals surface area contributed by atoms with E-state index in [4.69, 9.17) is 11.6 Å². The van der Waals surface area contributed by atoms with Crippen LogP contribution in [-0.4, -0.2) is 27.1 Å². The fourth-order valence-corrected chi connectivity index (χ4v) is 3.20. The molecule has 9 heteroatoms. The van der Waals surface area contributed by atoms with Gasteiger partial charge in [-0.2, -0.15) is 0 Å². The quantitative estimate of drug-likeness (QED) is 0.780. The molecule has 0 bridgehead atoms. The van der Waals surface area contributed by atoms with Gasteiger partial charge in [-0.1, -0.05) is 11.6 Å². The molecule has 0 fully saturated rings. The molecule has 24 heavy (non-hydrogen) atoms. The van der Waals surface area contributed by atoms with E-state index in [9.17, 15) is 17.6 Å². The van der Waals surface area contributed by atoms with Gasteiger partial charge in [-0.05, 0) is 58.4 Å². The lowest BCUT2D eigenvalue weighted by Crippen LogP contribution is -2.37. The van der Waals surface area contributed by atoms with Crippen LogP contribution in [0, 0.1) is 5.82 Å². The molecule has 0 atom stereocenters. The summed E-state index contributed by atoms with van der Waals surface area (Å²) in [7, 11) is -3.72. The highest BCUT2D eigenvalue weighted by Crippen LogP contribution is 2.25. The molecule has 1 amide bonds. The summed E-state index contributed by atoms with van der Waals surface area (Å²) in [5, 5.41) is 2.98. The summed E-state index contributed by atoms with van der Waals surface area (Å²) in [6.45, 7) is -0.446. The zero-order chi connectivity index (χ0) is 17.9. The number of nitrogens with one attached hydrogen (secondary N) is 1. The number of carbonyl (C=O) groups excluding carboxylic acids is 1. The van der Waals surface area contributed by atoms with Gasteiger partial charge in [0.25, 0.3) is 0 Å². The Morgan fingerprint density at radius 2 is 1.88 bits per heavy atom. The summed E-state index contributed by atoms with van der Waals surface area (Å²) >= 11 is 9.18. The van der Waals surface area contributed by atoms with Gasteiger partial charge in [0.05, 0.1) is 17.0 Å². The first-order chi connectivity index (χ1) is 11.2. The van der Waals surface area contributed by atoms with Crippen molar-refractivity contribution < 1.29 is 17.6 Å². The van der Waals surface area contributed by atoms with E-state index >= 15 is 0 Å². The fraction of sp³-hybridized carbons (Fsp3) is 0.133. The molecule has 0 heterocycles. The molecular formula is C15H13BrClFN2O3S. The van der Waals surface area contributed by atoms with Gasteiger partial charge in [0.2, 0.25) is 15.9 Å². The average molecular weight is 436 g/mol. The van der Waals surface area contributed by atoms with E-state index in [0.717, 1.165) is 22.7 Å². The Hall–Kier alpha value is -1.64. The molecule has 0 saturated carbocycles. The van der Waals surface area contributed by atoms with Crippen LogP contribution >= 0.6 is 27.5 Å². The summed E-state index contributed by atoms with van der Waals surface area (Å²) in [5.74, 6) is -1.05. The molecule has 0 unspecified atom stereocenters. The summed E-state index contributed by atoms with van der Waals surface area (Å²) in [6, 6.07) is 9.65. The molecule has 2 aromatic rings. The first-order valence-corrected chi connectivity index (χ1v) is 9.67. The standard InChI is InChI=1S/C15H13BrClFN2O3S/c1-24(22,23)20(12-5-2-10(18)3-6-12)9-15(21)19-11-4-7-13(16)14(17)8-11/h2-8H,9H2,1H3,(H,19,21). The number of sulfonamides is 1. The molecule has 0 aromatic heterocycles. The van der Waals surface area contributed by atoms with Gasteiger partial charge in [-0.3, -0.25) is 9.10 Å². The second-order valence-corrected chi connectivity index (χ2v) is 8.09. The maximum absolute atomic E-state index is 13.0. The number of hydrogen-bond donors (Lipinski definition) is 1. The Kier molecular flexibility index (Phi) is 5.84. The first kappa shape index (κ1) is 18.7. The lowest BCUT2D eigenvalue weighted by atomic mass is 10.3. The van der Waals surface area contributed by atoms with E-state index in [0.29, 0.717) is 15.2 Å². The highest BCUT2D eigenvalue weighted by molar-refractivity contribution is 9.10. The van der Waals surface area contributed by atoms with Crippen molar-refractivity contribution in [2.24, 2.45) is 0 Å². The zero-order valence-corrected chi connectivity index (χ0v) is 15.6. The molecule has 0 saturated heterocycles. The van der Waals surface area contributed by atoms with E-state index in [1.54, 1.807) is 12.1 Å². The maximum Gasteiger partial charge on any atom is 0.245 e. The average Bonchev–Trinajstić information content (AvgIpc) is 2.49. The van der Waals surface area contributed by atoms with Crippen LogP contribution in [0.25, 0.3) is 0 Å². The van der Waals surface area contributed by atoms with Crippen LogP contribution in [0.3, 0.4) is 0 Å². The Bertz CT molecular complexity index is 860. The van der Waals surface area contributed by atoms with Crippen molar-refractivity contribution in [1.29, 1.82) is 0 Å². The lowest BCUT2D eigenvalue weighted by Gasteiger charge is -2.21. The lowest BCUT2D eigenvalue weighted by molar-refractivity contribution is -0.114. The Labute approximate surface area is 152 Å². The van der Waals surface area contributed by atoms with Crippen LogP contribution in [-0.2, 0) is 14.8 Å². The maximum atomic E-state index is 13.0. The highest BCUT2D eigenvalue weighted by Gasteiger charge is 2.21. The van der Waals surface area contributed by atoms with E-state index in [-0.39, 0.29) is 5.69 Å². The van der Waals surface area contributed by atoms with Gasteiger partial charge in [0.1, 0.15) is 12.4 Å². The Balaban J connectivity index is 2.18. The normalized spacial score (nSPS) is 11.2. The number of carbonyl (C=O) groups is 1. The molecule has 2 rings (SSSR count). The van der Waals surface area contributed by atoms with E-state index in [1.807, 2.05) is 0 Å². The molecule has 5 nitrogen and oxygen atoms in total. The summed E-state index contributed by atoms with van der Waals surface area (Å²) in [6.07, 6.45) is 0.972. The number of nitrogens with zero attached hydrogens (tertiary/aromatic N) is 1. The third-order valence-corrected chi connectivity index (χ3v) is 5.38. The molecule has 0 aliphatic heterocycles. The van der Waals surface area contributed by atoms with Crippen molar-refractivity contribution in [3.63, 3.8) is 0 Å². The third kappa shape index (κ3) is 4.93. The van der Waals surface area contributed by atoms with Crippen LogP contribution in [0.4, 0.5) is 15.8 Å². The van der Waals surface area contributed by atoms with E-state index in [1.165, 1.54) is 18.2 Å². The third-order valence-electron chi connectivity index (χ3n) is 3.01. The predicted molar refractivity (Wildman–Crippen MR) is 96.4 cm³/mol. The first-order valence-electron chi connectivity index (χ1n) is 6.65. The SMILES string of the molecule is CS(=O)(=O)N(CC(=O)Nc1ccc(Br)c(Cl)c1)c1ccc(F)cc1. The van der Waals surface area contributed by atoms with Crippen LogP contribution in [0.15, 0.2) is 46.9 Å². The smallest absolute Gasteiger partial charge is 0.245 e. The van der Waals surface area contributed by atoms with Crippen molar-refractivity contribution in [2.45, 2.75) is 0 Å². The van der Waals surface area contributed by atoms with Crippen molar-refractivity contribution >= 4 is 54.8 Å². The second kappa shape index (κ2) is 7.50.